The van der Waals surface area contributed by atoms with Crippen LogP contribution < -0.4 is 19.5 Å². The molecule has 8 nitrogen and oxygen atoms in total. The Labute approximate surface area is 261 Å². The SMILES string of the molecule is O=C(Cc1ccc(Oc2ccc(OC3CCN(Sc4ccc(OC(F)(F)F)cc4)CC3)cc2)cc1)Nc1ccccc1C(=O)O. The molecule has 234 valence electrons. The molecule has 0 unspecified atom stereocenters. The van der Waals surface area contributed by atoms with Gasteiger partial charge in [0.15, 0.2) is 0 Å². The van der Waals surface area contributed by atoms with E-state index in [1.165, 1.54) is 30.1 Å². The van der Waals surface area contributed by atoms with Gasteiger partial charge in [0.25, 0.3) is 0 Å². The Balaban J connectivity index is 1.04. The summed E-state index contributed by atoms with van der Waals surface area (Å²) in [7, 11) is 0. The summed E-state index contributed by atoms with van der Waals surface area (Å²) in [6.07, 6.45) is -2.99. The van der Waals surface area contributed by atoms with Gasteiger partial charge in [-0.3, -0.25) is 4.79 Å². The summed E-state index contributed by atoms with van der Waals surface area (Å²) in [5, 5.41) is 11.9. The van der Waals surface area contributed by atoms with E-state index in [0.29, 0.717) is 11.5 Å². The maximum atomic E-state index is 12.5. The van der Waals surface area contributed by atoms with Crippen molar-refractivity contribution in [3.8, 4) is 23.0 Å². The van der Waals surface area contributed by atoms with Crippen molar-refractivity contribution in [2.45, 2.75) is 36.6 Å². The standard InChI is InChI=1S/C33H29F3N2O6S/c34-33(35,36)44-27-13-15-28(16-14-27)45-38-19-17-26(18-20-38)43-25-11-9-24(10-12-25)42-23-7-5-22(6-8-23)21-31(39)37-30-4-2-1-3-29(30)32(40)41/h1-16,26H,17-21H2,(H,37,39)(H,40,41). The Morgan fingerprint density at radius 1 is 0.822 bits per heavy atom. The number of carboxylic acid groups (broad SMARTS) is 1. The summed E-state index contributed by atoms with van der Waals surface area (Å²) >= 11 is 1.49. The summed E-state index contributed by atoms with van der Waals surface area (Å²) < 4.78 is 55.2. The Bertz CT molecular complexity index is 1590. The number of benzene rings is 4. The molecule has 0 radical (unpaired) electrons. The minimum absolute atomic E-state index is 0.0271. The number of rotatable bonds is 11. The van der Waals surface area contributed by atoms with Crippen LogP contribution in [0, 0.1) is 0 Å². The van der Waals surface area contributed by atoms with Crippen LogP contribution in [0.1, 0.15) is 28.8 Å². The number of piperidine rings is 1. The normalized spacial score (nSPS) is 14.0. The summed E-state index contributed by atoms with van der Waals surface area (Å²) in [6.45, 7) is 1.54. The van der Waals surface area contributed by atoms with Crippen LogP contribution in [0.25, 0.3) is 0 Å². The first-order valence-corrected chi connectivity index (χ1v) is 14.8. The number of para-hydroxylation sites is 1. The van der Waals surface area contributed by atoms with Gasteiger partial charge < -0.3 is 24.6 Å². The van der Waals surface area contributed by atoms with Gasteiger partial charge in [0.05, 0.1) is 17.7 Å². The van der Waals surface area contributed by atoms with Crippen molar-refractivity contribution in [2.75, 3.05) is 18.4 Å². The molecule has 4 aromatic carbocycles. The second-order valence-electron chi connectivity index (χ2n) is 10.1. The molecule has 2 N–H and O–H groups in total. The van der Waals surface area contributed by atoms with Crippen LogP contribution in [0.3, 0.4) is 0 Å². The molecule has 0 saturated carbocycles. The van der Waals surface area contributed by atoms with Gasteiger partial charge in [-0.05, 0) is 103 Å². The number of amides is 1. The molecule has 45 heavy (non-hydrogen) atoms. The average Bonchev–Trinajstić information content (AvgIpc) is 3.00. The molecule has 1 heterocycles. The molecule has 1 saturated heterocycles. The molecule has 5 rings (SSSR count). The summed E-state index contributed by atoms with van der Waals surface area (Å²) in [5.74, 6) is 0.254. The van der Waals surface area contributed by atoms with E-state index < -0.39 is 12.3 Å². The van der Waals surface area contributed by atoms with Crippen molar-refractivity contribution >= 4 is 29.5 Å². The maximum Gasteiger partial charge on any atom is 0.573 e. The number of nitrogens with zero attached hydrogens (tertiary/aromatic N) is 1. The van der Waals surface area contributed by atoms with Crippen LogP contribution in [0.2, 0.25) is 0 Å². The predicted molar refractivity (Wildman–Crippen MR) is 163 cm³/mol. The lowest BCUT2D eigenvalue weighted by Gasteiger charge is -2.31. The Kier molecular flexibility index (Phi) is 10.2. The fourth-order valence-electron chi connectivity index (χ4n) is 4.64. The highest BCUT2D eigenvalue weighted by Crippen LogP contribution is 2.31. The molecule has 1 aliphatic rings. The first-order valence-electron chi connectivity index (χ1n) is 14.0. The van der Waals surface area contributed by atoms with Gasteiger partial charge in [0.2, 0.25) is 5.91 Å². The molecule has 0 spiro atoms. The van der Waals surface area contributed by atoms with Crippen molar-refractivity contribution in [2.24, 2.45) is 0 Å². The van der Waals surface area contributed by atoms with E-state index in [1.54, 1.807) is 54.6 Å². The monoisotopic (exact) mass is 638 g/mol. The van der Waals surface area contributed by atoms with Crippen LogP contribution >= 0.6 is 11.9 Å². The van der Waals surface area contributed by atoms with E-state index in [-0.39, 0.29) is 35.4 Å². The van der Waals surface area contributed by atoms with Gasteiger partial charge in [-0.1, -0.05) is 24.3 Å². The van der Waals surface area contributed by atoms with E-state index in [0.717, 1.165) is 42.1 Å². The molecular formula is C33H29F3N2O6S. The quantitative estimate of drug-likeness (QED) is 0.161. The summed E-state index contributed by atoms with van der Waals surface area (Å²) in [6, 6.07) is 26.5. The van der Waals surface area contributed by atoms with Gasteiger partial charge in [-0.25, -0.2) is 9.10 Å². The smallest absolute Gasteiger partial charge is 0.490 e. The van der Waals surface area contributed by atoms with Gasteiger partial charge >= 0.3 is 12.3 Å². The number of halogens is 3. The molecule has 1 fully saturated rings. The largest absolute Gasteiger partial charge is 0.573 e. The topological polar surface area (TPSA) is 97.3 Å². The lowest BCUT2D eigenvalue weighted by atomic mass is 10.1. The Hall–Kier alpha value is -4.68. The van der Waals surface area contributed by atoms with Crippen LogP contribution in [-0.4, -0.2) is 46.8 Å². The molecule has 4 aromatic rings. The third-order valence-corrected chi connectivity index (χ3v) is 7.88. The fraction of sp³-hybridized carbons (Fsp3) is 0.212. The second-order valence-corrected chi connectivity index (χ2v) is 11.3. The highest BCUT2D eigenvalue weighted by atomic mass is 32.2. The molecule has 0 aromatic heterocycles. The van der Waals surface area contributed by atoms with Crippen LogP contribution in [-0.2, 0) is 11.2 Å². The number of carboxylic acids is 1. The van der Waals surface area contributed by atoms with Gasteiger partial charge in [-0.15, -0.1) is 13.2 Å². The fourth-order valence-corrected chi connectivity index (χ4v) is 5.59. The first kappa shape index (κ1) is 31.7. The van der Waals surface area contributed by atoms with Crippen molar-refractivity contribution in [1.29, 1.82) is 0 Å². The number of hydrogen-bond donors (Lipinski definition) is 2. The van der Waals surface area contributed by atoms with Crippen molar-refractivity contribution in [1.82, 2.24) is 4.31 Å². The molecule has 1 amide bonds. The number of carbonyl (C=O) groups excluding carboxylic acids is 1. The first-order chi connectivity index (χ1) is 21.6. The lowest BCUT2D eigenvalue weighted by molar-refractivity contribution is -0.274. The predicted octanol–water partition coefficient (Wildman–Crippen LogP) is 7.81. The zero-order valence-electron chi connectivity index (χ0n) is 23.8. The molecule has 0 atom stereocenters. The Morgan fingerprint density at radius 2 is 1.40 bits per heavy atom. The van der Waals surface area contributed by atoms with E-state index in [9.17, 15) is 27.9 Å². The number of anilines is 1. The van der Waals surface area contributed by atoms with E-state index in [4.69, 9.17) is 9.47 Å². The highest BCUT2D eigenvalue weighted by molar-refractivity contribution is 7.97. The van der Waals surface area contributed by atoms with E-state index >= 15 is 0 Å². The number of ether oxygens (including phenoxy) is 3. The van der Waals surface area contributed by atoms with Crippen molar-refractivity contribution < 1.29 is 42.1 Å². The molecule has 0 bridgehead atoms. The van der Waals surface area contributed by atoms with Gasteiger partial charge in [0, 0.05) is 18.0 Å². The van der Waals surface area contributed by atoms with E-state index in [1.807, 2.05) is 24.3 Å². The number of nitrogens with one attached hydrogen (secondary N) is 1. The maximum absolute atomic E-state index is 12.5. The van der Waals surface area contributed by atoms with Gasteiger partial charge in [-0.2, -0.15) is 0 Å². The number of alkyl halides is 3. The molecule has 12 heteroatoms. The summed E-state index contributed by atoms with van der Waals surface area (Å²) in [5.41, 5.74) is 1.02. The zero-order valence-corrected chi connectivity index (χ0v) is 24.6. The van der Waals surface area contributed by atoms with Crippen molar-refractivity contribution in [3.05, 3.63) is 108 Å². The lowest BCUT2D eigenvalue weighted by Crippen LogP contribution is -2.34. The number of hydrogen-bond acceptors (Lipinski definition) is 7. The molecule has 1 aliphatic heterocycles. The number of carbonyl (C=O) groups is 2. The third kappa shape index (κ3) is 9.65. The Morgan fingerprint density at radius 3 is 2.02 bits per heavy atom. The highest BCUT2D eigenvalue weighted by Gasteiger charge is 2.31. The second kappa shape index (κ2) is 14.4. The minimum atomic E-state index is -4.71. The van der Waals surface area contributed by atoms with Crippen LogP contribution in [0.5, 0.6) is 23.0 Å². The van der Waals surface area contributed by atoms with E-state index in [2.05, 4.69) is 14.4 Å². The average molecular weight is 639 g/mol. The van der Waals surface area contributed by atoms with Crippen LogP contribution in [0.4, 0.5) is 18.9 Å². The van der Waals surface area contributed by atoms with Gasteiger partial charge in [0.1, 0.15) is 29.1 Å². The molecular weight excluding hydrogens is 609 g/mol. The minimum Gasteiger partial charge on any atom is -0.490 e. The van der Waals surface area contributed by atoms with Crippen LogP contribution in [0.15, 0.2) is 102 Å². The zero-order chi connectivity index (χ0) is 31.8. The third-order valence-electron chi connectivity index (χ3n) is 6.77. The summed E-state index contributed by atoms with van der Waals surface area (Å²) in [4.78, 5) is 24.6. The molecule has 0 aliphatic carbocycles. The number of aromatic carboxylic acids is 1. The van der Waals surface area contributed by atoms with Crippen molar-refractivity contribution in [3.63, 3.8) is 0 Å².